The SMILES string of the molecule is CCS(=O)(=O)c1ccc(NC(=O)C#N)cc1. The molecule has 0 fully saturated rings. The molecule has 0 heterocycles. The predicted molar refractivity (Wildman–Crippen MR) is 58.4 cm³/mol. The summed E-state index contributed by atoms with van der Waals surface area (Å²) in [4.78, 5) is 10.9. The fourth-order valence-electron chi connectivity index (χ4n) is 1.07. The number of hydrogen-bond acceptors (Lipinski definition) is 4. The Hall–Kier alpha value is -1.87. The second kappa shape index (κ2) is 4.77. The number of anilines is 1. The zero-order chi connectivity index (χ0) is 12.2. The molecule has 0 radical (unpaired) electrons. The van der Waals surface area contributed by atoms with E-state index < -0.39 is 15.7 Å². The molecule has 0 unspecified atom stereocenters. The lowest BCUT2D eigenvalue weighted by Gasteiger charge is -2.03. The number of rotatable bonds is 3. The molecule has 0 aliphatic carbocycles. The van der Waals surface area contributed by atoms with Gasteiger partial charge in [0.05, 0.1) is 10.6 Å². The van der Waals surface area contributed by atoms with E-state index in [4.69, 9.17) is 5.26 Å². The van der Waals surface area contributed by atoms with Gasteiger partial charge < -0.3 is 5.32 Å². The summed E-state index contributed by atoms with van der Waals surface area (Å²) in [6, 6.07) is 7.07. The van der Waals surface area contributed by atoms with Crippen molar-refractivity contribution >= 4 is 21.4 Å². The minimum atomic E-state index is -3.23. The fraction of sp³-hybridized carbons (Fsp3) is 0.200. The highest BCUT2D eigenvalue weighted by Crippen LogP contribution is 2.15. The van der Waals surface area contributed by atoms with E-state index >= 15 is 0 Å². The van der Waals surface area contributed by atoms with Crippen LogP contribution in [0.1, 0.15) is 6.92 Å². The van der Waals surface area contributed by atoms with E-state index in [2.05, 4.69) is 5.32 Å². The minimum absolute atomic E-state index is 0.0247. The summed E-state index contributed by atoms with van der Waals surface area (Å²) >= 11 is 0. The van der Waals surface area contributed by atoms with Crippen molar-refractivity contribution in [3.8, 4) is 6.07 Å². The van der Waals surface area contributed by atoms with E-state index in [1.54, 1.807) is 6.92 Å². The fourth-order valence-corrected chi connectivity index (χ4v) is 1.96. The summed E-state index contributed by atoms with van der Waals surface area (Å²) in [6.45, 7) is 1.56. The van der Waals surface area contributed by atoms with Crippen molar-refractivity contribution < 1.29 is 13.2 Å². The summed E-state index contributed by atoms with van der Waals surface area (Å²) in [7, 11) is -3.23. The third kappa shape index (κ3) is 2.81. The lowest BCUT2D eigenvalue weighted by atomic mass is 10.3. The number of sulfone groups is 1. The van der Waals surface area contributed by atoms with E-state index in [0.29, 0.717) is 5.69 Å². The van der Waals surface area contributed by atoms with Crippen molar-refractivity contribution in [1.82, 2.24) is 0 Å². The van der Waals surface area contributed by atoms with Crippen LogP contribution in [0.5, 0.6) is 0 Å². The van der Waals surface area contributed by atoms with Crippen LogP contribution in [-0.4, -0.2) is 20.1 Å². The van der Waals surface area contributed by atoms with Gasteiger partial charge >= 0.3 is 5.91 Å². The Morgan fingerprint density at radius 2 is 1.94 bits per heavy atom. The van der Waals surface area contributed by atoms with Crippen LogP contribution in [0, 0.1) is 11.3 Å². The number of nitriles is 1. The third-order valence-corrected chi connectivity index (χ3v) is 3.70. The molecule has 0 atom stereocenters. The Bertz CT molecular complexity index is 526. The molecule has 84 valence electrons. The topological polar surface area (TPSA) is 87.0 Å². The largest absolute Gasteiger partial charge is 0.326 e. The molecule has 1 amide bonds. The molecule has 1 aromatic carbocycles. The lowest BCUT2D eigenvalue weighted by molar-refractivity contribution is -0.111. The number of nitrogens with zero attached hydrogens (tertiary/aromatic N) is 1. The molecule has 0 saturated carbocycles. The summed E-state index contributed by atoms with van der Waals surface area (Å²) in [5.74, 6) is -0.761. The van der Waals surface area contributed by atoms with E-state index in [0.717, 1.165) is 0 Å². The first kappa shape index (κ1) is 12.2. The van der Waals surface area contributed by atoms with E-state index in [-0.39, 0.29) is 10.6 Å². The Morgan fingerprint density at radius 3 is 2.38 bits per heavy atom. The van der Waals surface area contributed by atoms with Gasteiger partial charge in [0.2, 0.25) is 0 Å². The Balaban J connectivity index is 2.93. The van der Waals surface area contributed by atoms with Crippen LogP contribution in [0.4, 0.5) is 5.69 Å². The van der Waals surface area contributed by atoms with Crippen LogP contribution in [0.25, 0.3) is 0 Å². The van der Waals surface area contributed by atoms with Gasteiger partial charge in [-0.2, -0.15) is 5.26 Å². The molecule has 1 N–H and O–H groups in total. The van der Waals surface area contributed by atoms with Crippen molar-refractivity contribution in [1.29, 1.82) is 5.26 Å². The van der Waals surface area contributed by atoms with E-state index in [1.807, 2.05) is 0 Å². The Morgan fingerprint density at radius 1 is 1.38 bits per heavy atom. The average molecular weight is 238 g/mol. The first-order chi connectivity index (χ1) is 7.49. The monoisotopic (exact) mass is 238 g/mol. The number of hydrogen-bond donors (Lipinski definition) is 1. The highest BCUT2D eigenvalue weighted by atomic mass is 32.2. The van der Waals surface area contributed by atoms with Crippen LogP contribution in [-0.2, 0) is 14.6 Å². The molecule has 0 aliphatic rings. The van der Waals surface area contributed by atoms with Crippen LogP contribution in [0.3, 0.4) is 0 Å². The molecule has 0 bridgehead atoms. The van der Waals surface area contributed by atoms with Crippen molar-refractivity contribution in [2.75, 3.05) is 11.1 Å². The van der Waals surface area contributed by atoms with Crippen molar-refractivity contribution in [2.45, 2.75) is 11.8 Å². The van der Waals surface area contributed by atoms with Crippen molar-refractivity contribution in [3.63, 3.8) is 0 Å². The van der Waals surface area contributed by atoms with Crippen LogP contribution >= 0.6 is 0 Å². The van der Waals surface area contributed by atoms with Gasteiger partial charge in [0, 0.05) is 5.69 Å². The summed E-state index contributed by atoms with van der Waals surface area (Å²) in [5.41, 5.74) is 0.390. The van der Waals surface area contributed by atoms with Gasteiger partial charge in [-0.3, -0.25) is 4.79 Å². The second-order valence-electron chi connectivity index (χ2n) is 2.99. The normalized spacial score (nSPS) is 10.5. The van der Waals surface area contributed by atoms with Crippen molar-refractivity contribution in [2.24, 2.45) is 0 Å². The molecule has 5 nitrogen and oxygen atoms in total. The molecule has 6 heteroatoms. The van der Waals surface area contributed by atoms with Crippen LogP contribution in [0.15, 0.2) is 29.2 Å². The molecule has 16 heavy (non-hydrogen) atoms. The summed E-state index contributed by atoms with van der Waals surface area (Å²) in [5, 5.41) is 10.6. The van der Waals surface area contributed by atoms with Gasteiger partial charge in [-0.1, -0.05) is 6.92 Å². The Kier molecular flexibility index (Phi) is 3.64. The van der Waals surface area contributed by atoms with Gasteiger partial charge in [0.1, 0.15) is 0 Å². The van der Waals surface area contributed by atoms with Crippen LogP contribution < -0.4 is 5.32 Å². The van der Waals surface area contributed by atoms with Gasteiger partial charge in [-0.25, -0.2) is 8.42 Å². The molecular weight excluding hydrogens is 228 g/mol. The predicted octanol–water partition coefficient (Wildman–Crippen LogP) is 0.942. The smallest absolute Gasteiger partial charge is 0.313 e. The van der Waals surface area contributed by atoms with Gasteiger partial charge in [-0.15, -0.1) is 0 Å². The van der Waals surface area contributed by atoms with Crippen molar-refractivity contribution in [3.05, 3.63) is 24.3 Å². The molecule has 0 spiro atoms. The Labute approximate surface area is 93.6 Å². The third-order valence-electron chi connectivity index (χ3n) is 1.95. The molecule has 1 rings (SSSR count). The highest BCUT2D eigenvalue weighted by molar-refractivity contribution is 7.91. The van der Waals surface area contributed by atoms with E-state index in [9.17, 15) is 13.2 Å². The zero-order valence-electron chi connectivity index (χ0n) is 8.60. The summed E-state index contributed by atoms with van der Waals surface area (Å²) in [6.07, 6.45) is 0. The van der Waals surface area contributed by atoms with E-state index in [1.165, 1.54) is 30.3 Å². The van der Waals surface area contributed by atoms with Gasteiger partial charge in [-0.05, 0) is 24.3 Å². The average Bonchev–Trinajstić information content (AvgIpc) is 2.29. The molecule has 0 saturated heterocycles. The quantitative estimate of drug-likeness (QED) is 0.794. The minimum Gasteiger partial charge on any atom is -0.313 e. The number of nitrogens with one attached hydrogen (secondary N) is 1. The molecule has 0 aliphatic heterocycles. The highest BCUT2D eigenvalue weighted by Gasteiger charge is 2.10. The maximum absolute atomic E-state index is 11.5. The molecule has 1 aromatic rings. The van der Waals surface area contributed by atoms with Crippen LogP contribution in [0.2, 0.25) is 0 Å². The molecule has 0 aromatic heterocycles. The zero-order valence-corrected chi connectivity index (χ0v) is 9.41. The first-order valence-corrected chi connectivity index (χ1v) is 6.18. The lowest BCUT2D eigenvalue weighted by Crippen LogP contribution is -2.08. The maximum atomic E-state index is 11.5. The maximum Gasteiger partial charge on any atom is 0.326 e. The number of amides is 1. The standard InChI is InChI=1S/C10H10N2O3S/c1-2-16(14,15)9-5-3-8(4-6-9)12-10(13)7-11/h3-6H,2H2,1H3,(H,12,13). The number of carbonyl (C=O) groups is 1. The first-order valence-electron chi connectivity index (χ1n) is 4.53. The van der Waals surface area contributed by atoms with Gasteiger partial charge in [0.25, 0.3) is 0 Å². The van der Waals surface area contributed by atoms with Gasteiger partial charge in [0.15, 0.2) is 15.9 Å². The number of carbonyl (C=O) groups excluding carboxylic acids is 1. The molecular formula is C10H10N2O3S. The number of benzene rings is 1. The second-order valence-corrected chi connectivity index (χ2v) is 5.27. The summed E-state index contributed by atoms with van der Waals surface area (Å²) < 4.78 is 22.9.